The van der Waals surface area contributed by atoms with Crippen LogP contribution in [-0.4, -0.2) is 28.9 Å². The first kappa shape index (κ1) is 14.7. The molecule has 1 aromatic carbocycles. The first-order valence-electron chi connectivity index (χ1n) is 5.86. The number of amides is 2. The third kappa shape index (κ3) is 5.67. The zero-order valence-electron chi connectivity index (χ0n) is 10.6. The average molecular weight is 264 g/mol. The molecule has 1 aliphatic rings. The highest BCUT2D eigenvalue weighted by Gasteiger charge is 2.15. The van der Waals surface area contributed by atoms with Crippen LogP contribution in [0.2, 0.25) is 0 Å². The monoisotopic (exact) mass is 264 g/mol. The Balaban J connectivity index is 0.000000218. The maximum absolute atomic E-state index is 10.4. The molecule has 2 amide bonds. The Hall–Kier alpha value is -2.37. The van der Waals surface area contributed by atoms with Crippen molar-refractivity contribution in [2.45, 2.75) is 25.8 Å². The lowest BCUT2D eigenvalue weighted by atomic mass is 10.3. The number of aliphatic carboxylic acids is 1. The Labute approximate surface area is 110 Å². The Morgan fingerprint density at radius 3 is 2.11 bits per heavy atom. The lowest BCUT2D eigenvalue weighted by Crippen LogP contribution is -2.25. The van der Waals surface area contributed by atoms with Gasteiger partial charge in [-0.1, -0.05) is 18.2 Å². The van der Waals surface area contributed by atoms with E-state index in [1.54, 1.807) is 6.92 Å². The van der Waals surface area contributed by atoms with Crippen molar-refractivity contribution >= 4 is 23.5 Å². The molecular weight excluding hydrogens is 248 g/mol. The summed E-state index contributed by atoms with van der Waals surface area (Å²) in [5.41, 5.74) is 0.826. The molecule has 0 aliphatic carbocycles. The number of rotatable bonds is 3. The Morgan fingerprint density at radius 1 is 1.21 bits per heavy atom. The lowest BCUT2D eigenvalue weighted by Gasteiger charge is -2.09. The van der Waals surface area contributed by atoms with E-state index in [1.807, 2.05) is 30.3 Å². The zero-order chi connectivity index (χ0) is 14.3. The maximum atomic E-state index is 10.4. The van der Waals surface area contributed by atoms with Crippen molar-refractivity contribution in [1.29, 1.82) is 0 Å². The molecule has 102 valence electrons. The highest BCUT2D eigenvalue weighted by atomic mass is 16.4. The molecule has 1 atom stereocenters. The van der Waals surface area contributed by atoms with E-state index in [1.165, 1.54) is 0 Å². The summed E-state index contributed by atoms with van der Waals surface area (Å²) in [6, 6.07) is 8.72. The summed E-state index contributed by atoms with van der Waals surface area (Å²) >= 11 is 0. The van der Waals surface area contributed by atoms with Gasteiger partial charge in [-0.2, -0.15) is 0 Å². The molecule has 3 N–H and O–H groups in total. The van der Waals surface area contributed by atoms with Gasteiger partial charge in [0, 0.05) is 18.5 Å². The van der Waals surface area contributed by atoms with Crippen LogP contribution in [0.25, 0.3) is 0 Å². The van der Waals surface area contributed by atoms with Crippen LogP contribution in [0.1, 0.15) is 19.8 Å². The van der Waals surface area contributed by atoms with Gasteiger partial charge in [-0.3, -0.25) is 19.7 Å². The van der Waals surface area contributed by atoms with E-state index in [4.69, 9.17) is 5.11 Å². The number of para-hydroxylation sites is 1. The summed E-state index contributed by atoms with van der Waals surface area (Å²) in [7, 11) is 0. The molecule has 0 radical (unpaired) electrons. The summed E-state index contributed by atoms with van der Waals surface area (Å²) in [5.74, 6) is -1.14. The first-order valence-corrected chi connectivity index (χ1v) is 5.86. The third-order valence-electron chi connectivity index (χ3n) is 2.39. The molecule has 0 saturated carbocycles. The van der Waals surface area contributed by atoms with E-state index in [0.717, 1.165) is 5.69 Å². The fourth-order valence-corrected chi connectivity index (χ4v) is 1.35. The minimum atomic E-state index is -0.848. The summed E-state index contributed by atoms with van der Waals surface area (Å²) in [5, 5.41) is 13.6. The number of hydrogen-bond acceptors (Lipinski definition) is 4. The van der Waals surface area contributed by atoms with E-state index < -0.39 is 12.0 Å². The van der Waals surface area contributed by atoms with Gasteiger partial charge in [0.05, 0.1) is 0 Å². The van der Waals surface area contributed by atoms with Crippen LogP contribution in [0, 0.1) is 0 Å². The van der Waals surface area contributed by atoms with Crippen molar-refractivity contribution in [3.63, 3.8) is 0 Å². The molecule has 1 fully saturated rings. The van der Waals surface area contributed by atoms with Gasteiger partial charge in [0.25, 0.3) is 0 Å². The number of hydrogen-bond donors (Lipinski definition) is 3. The molecule has 6 heteroatoms. The minimum absolute atomic E-state index is 0.148. The predicted molar refractivity (Wildman–Crippen MR) is 69.5 cm³/mol. The molecule has 19 heavy (non-hydrogen) atoms. The van der Waals surface area contributed by atoms with Gasteiger partial charge >= 0.3 is 5.97 Å². The van der Waals surface area contributed by atoms with Gasteiger partial charge in [-0.05, 0) is 19.1 Å². The van der Waals surface area contributed by atoms with Crippen LogP contribution in [0.4, 0.5) is 5.69 Å². The highest BCUT2D eigenvalue weighted by molar-refractivity contribution is 6.01. The molecule has 1 aliphatic heterocycles. The molecular formula is C13H16N2O4. The van der Waals surface area contributed by atoms with Gasteiger partial charge in [0.15, 0.2) is 0 Å². The second-order valence-corrected chi connectivity index (χ2v) is 4.04. The van der Waals surface area contributed by atoms with Gasteiger partial charge < -0.3 is 10.4 Å². The summed E-state index contributed by atoms with van der Waals surface area (Å²) < 4.78 is 0. The van der Waals surface area contributed by atoms with Gasteiger partial charge in [0.1, 0.15) is 6.04 Å². The second-order valence-electron chi connectivity index (χ2n) is 4.04. The highest BCUT2D eigenvalue weighted by Crippen LogP contribution is 2.06. The average Bonchev–Trinajstić information content (AvgIpc) is 2.75. The van der Waals surface area contributed by atoms with Crippen molar-refractivity contribution in [2.75, 3.05) is 5.32 Å². The van der Waals surface area contributed by atoms with Crippen LogP contribution < -0.4 is 10.6 Å². The molecule has 0 aromatic heterocycles. The van der Waals surface area contributed by atoms with Gasteiger partial charge in [-0.15, -0.1) is 0 Å². The number of carboxylic acids is 1. The van der Waals surface area contributed by atoms with Crippen molar-refractivity contribution < 1.29 is 19.5 Å². The Bertz CT molecular complexity index is 445. The van der Waals surface area contributed by atoms with E-state index in [0.29, 0.717) is 12.8 Å². The number of anilines is 1. The SMILES string of the molecule is C[C@H](Nc1ccccc1)C(=O)O.O=C1CCC(=O)N1. The molecule has 0 unspecified atom stereocenters. The third-order valence-corrected chi connectivity index (χ3v) is 2.39. The van der Waals surface area contributed by atoms with Crippen molar-refractivity contribution in [1.82, 2.24) is 5.32 Å². The number of imide groups is 1. The fourth-order valence-electron chi connectivity index (χ4n) is 1.35. The van der Waals surface area contributed by atoms with Crippen molar-refractivity contribution in [3.05, 3.63) is 30.3 Å². The largest absolute Gasteiger partial charge is 0.480 e. The van der Waals surface area contributed by atoms with E-state index >= 15 is 0 Å². The smallest absolute Gasteiger partial charge is 0.325 e. The van der Waals surface area contributed by atoms with Crippen LogP contribution in [0.3, 0.4) is 0 Å². The number of carboxylic acid groups (broad SMARTS) is 1. The van der Waals surface area contributed by atoms with E-state index in [-0.39, 0.29) is 11.8 Å². The standard InChI is InChI=1S/C9H11NO2.C4H5NO2/c1-7(9(11)12)10-8-5-3-2-4-6-8;6-3-1-2-4(7)5-3/h2-7,10H,1H3,(H,11,12);1-2H2,(H,5,6,7)/t7-;/m0./s1. The molecule has 0 bridgehead atoms. The fraction of sp³-hybridized carbons (Fsp3) is 0.308. The lowest BCUT2D eigenvalue weighted by molar-refractivity contribution is -0.137. The molecule has 2 rings (SSSR count). The predicted octanol–water partition coefficient (Wildman–Crippen LogP) is 0.995. The topological polar surface area (TPSA) is 95.5 Å². The normalized spacial score (nSPS) is 15.0. The maximum Gasteiger partial charge on any atom is 0.325 e. The van der Waals surface area contributed by atoms with Gasteiger partial charge in [-0.25, -0.2) is 0 Å². The van der Waals surface area contributed by atoms with E-state index in [9.17, 15) is 14.4 Å². The number of nitrogens with one attached hydrogen (secondary N) is 2. The van der Waals surface area contributed by atoms with E-state index in [2.05, 4.69) is 10.6 Å². The van der Waals surface area contributed by atoms with Gasteiger partial charge in [0.2, 0.25) is 11.8 Å². The minimum Gasteiger partial charge on any atom is -0.480 e. The summed E-state index contributed by atoms with van der Waals surface area (Å²) in [6.45, 7) is 1.61. The second kappa shape index (κ2) is 7.15. The van der Waals surface area contributed by atoms with Crippen LogP contribution in [0.5, 0.6) is 0 Å². The first-order chi connectivity index (χ1) is 8.99. The molecule has 0 spiro atoms. The quantitative estimate of drug-likeness (QED) is 0.708. The van der Waals surface area contributed by atoms with Crippen LogP contribution in [-0.2, 0) is 14.4 Å². The van der Waals surface area contributed by atoms with Crippen molar-refractivity contribution in [3.8, 4) is 0 Å². The molecule has 1 heterocycles. The number of carbonyl (C=O) groups is 3. The summed E-state index contributed by atoms with van der Waals surface area (Å²) in [4.78, 5) is 30.7. The molecule has 1 aromatic rings. The Kier molecular flexibility index (Phi) is 5.53. The zero-order valence-corrected chi connectivity index (χ0v) is 10.6. The molecule has 1 saturated heterocycles. The number of benzene rings is 1. The number of carbonyl (C=O) groups excluding carboxylic acids is 2. The van der Waals surface area contributed by atoms with Crippen LogP contribution in [0.15, 0.2) is 30.3 Å². The summed E-state index contributed by atoms with van der Waals surface area (Å²) in [6.07, 6.45) is 0.748. The van der Waals surface area contributed by atoms with Crippen LogP contribution >= 0.6 is 0 Å². The van der Waals surface area contributed by atoms with Crippen molar-refractivity contribution in [2.24, 2.45) is 0 Å². The molecule has 6 nitrogen and oxygen atoms in total. The Morgan fingerprint density at radius 2 is 1.74 bits per heavy atom.